The molecule has 0 atom stereocenters. The molecule has 0 bridgehead atoms. The molecule has 0 saturated heterocycles. The zero-order valence-electron chi connectivity index (χ0n) is 12.4. The van der Waals surface area contributed by atoms with Crippen LogP contribution in [0.3, 0.4) is 0 Å². The van der Waals surface area contributed by atoms with Crippen molar-refractivity contribution in [3.63, 3.8) is 0 Å². The maximum atomic E-state index is 13.2. The van der Waals surface area contributed by atoms with Crippen molar-refractivity contribution < 1.29 is 22.8 Å². The lowest BCUT2D eigenvalue weighted by Gasteiger charge is -2.15. The molecule has 0 spiro atoms. The molecule has 0 saturated carbocycles. The van der Waals surface area contributed by atoms with Gasteiger partial charge in [0, 0.05) is 21.7 Å². The number of rotatable bonds is 3. The Bertz CT molecular complexity index is 791. The summed E-state index contributed by atoms with van der Waals surface area (Å²) in [5, 5.41) is 4.55. The first-order valence-corrected chi connectivity index (χ1v) is 7.80. The van der Waals surface area contributed by atoms with Crippen LogP contribution in [0.25, 0.3) is 0 Å². The molecule has 2 aromatic rings. The maximum Gasteiger partial charge on any atom is 0.418 e. The molecule has 0 fully saturated rings. The summed E-state index contributed by atoms with van der Waals surface area (Å²) in [7, 11) is 0. The van der Waals surface area contributed by atoms with E-state index in [-0.39, 0.29) is 16.9 Å². The first-order valence-electron chi connectivity index (χ1n) is 6.72. The molecule has 2 N–H and O–H groups in total. The van der Waals surface area contributed by atoms with E-state index in [0.29, 0.717) is 0 Å². The van der Waals surface area contributed by atoms with Gasteiger partial charge in [0.25, 0.3) is 5.91 Å². The van der Waals surface area contributed by atoms with Gasteiger partial charge in [-0.05, 0) is 59.0 Å². The summed E-state index contributed by atoms with van der Waals surface area (Å²) in [5.41, 5.74) is -1.16. The van der Waals surface area contributed by atoms with Crippen LogP contribution >= 0.6 is 22.6 Å². The molecule has 0 aliphatic heterocycles. The minimum absolute atomic E-state index is 0.00193. The minimum Gasteiger partial charge on any atom is -0.326 e. The van der Waals surface area contributed by atoms with E-state index in [4.69, 9.17) is 0 Å². The van der Waals surface area contributed by atoms with Gasteiger partial charge in [0.05, 0.1) is 11.3 Å². The number of hydrogen-bond acceptors (Lipinski definition) is 2. The molecule has 2 rings (SSSR count). The number of amides is 2. The van der Waals surface area contributed by atoms with Crippen molar-refractivity contribution in [1.29, 1.82) is 0 Å². The molecule has 0 aliphatic carbocycles. The molecular weight excluding hydrogens is 436 g/mol. The standard InChI is InChI=1S/C16H12F3IN2O2/c1-9(23)21-12-5-6-14(13(8-12)16(17,18)19)22-15(24)10-3-2-4-11(20)7-10/h2-8H,1H3,(H,21,23)(H,22,24). The second-order valence-corrected chi connectivity index (χ2v) is 6.15. The van der Waals surface area contributed by atoms with E-state index < -0.39 is 23.6 Å². The molecule has 2 aromatic carbocycles. The number of anilines is 2. The average Bonchev–Trinajstić information content (AvgIpc) is 2.47. The van der Waals surface area contributed by atoms with Crippen LogP contribution in [0.15, 0.2) is 42.5 Å². The molecule has 0 unspecified atom stereocenters. The number of carbonyl (C=O) groups is 2. The van der Waals surface area contributed by atoms with Gasteiger partial charge in [0.2, 0.25) is 5.91 Å². The van der Waals surface area contributed by atoms with Crippen molar-refractivity contribution in [1.82, 2.24) is 0 Å². The van der Waals surface area contributed by atoms with Gasteiger partial charge >= 0.3 is 6.18 Å². The third kappa shape index (κ3) is 4.70. The van der Waals surface area contributed by atoms with Crippen molar-refractivity contribution in [2.75, 3.05) is 10.6 Å². The van der Waals surface area contributed by atoms with Gasteiger partial charge in [-0.1, -0.05) is 6.07 Å². The minimum atomic E-state index is -4.68. The van der Waals surface area contributed by atoms with Crippen LogP contribution in [0.4, 0.5) is 24.5 Å². The lowest BCUT2D eigenvalue weighted by Crippen LogP contribution is -2.17. The normalized spacial score (nSPS) is 11.0. The first-order chi connectivity index (χ1) is 11.2. The smallest absolute Gasteiger partial charge is 0.326 e. The SMILES string of the molecule is CC(=O)Nc1ccc(NC(=O)c2cccc(I)c2)c(C(F)(F)F)c1. The van der Waals surface area contributed by atoms with E-state index in [1.54, 1.807) is 18.2 Å². The molecule has 2 amide bonds. The van der Waals surface area contributed by atoms with E-state index in [2.05, 4.69) is 10.6 Å². The van der Waals surface area contributed by atoms with E-state index in [1.165, 1.54) is 19.1 Å². The Morgan fingerprint density at radius 2 is 1.75 bits per heavy atom. The Labute approximate surface area is 149 Å². The van der Waals surface area contributed by atoms with Gasteiger partial charge in [-0.15, -0.1) is 0 Å². The Kier molecular flexibility index (Phi) is 5.47. The molecule has 24 heavy (non-hydrogen) atoms. The van der Waals surface area contributed by atoms with Crippen molar-refractivity contribution in [3.8, 4) is 0 Å². The summed E-state index contributed by atoms with van der Waals surface area (Å²) in [4.78, 5) is 23.1. The topological polar surface area (TPSA) is 58.2 Å². The van der Waals surface area contributed by atoms with Gasteiger partial charge in [0.1, 0.15) is 0 Å². The molecule has 0 aliphatic rings. The molecule has 8 heteroatoms. The fourth-order valence-electron chi connectivity index (χ4n) is 1.99. The summed E-state index contributed by atoms with van der Waals surface area (Å²) in [6, 6.07) is 9.67. The van der Waals surface area contributed by atoms with Crippen molar-refractivity contribution in [3.05, 3.63) is 57.2 Å². The summed E-state index contributed by atoms with van der Waals surface area (Å²) in [6.45, 7) is 1.19. The molecule has 0 radical (unpaired) electrons. The van der Waals surface area contributed by atoms with Crippen molar-refractivity contribution >= 4 is 45.8 Å². The zero-order chi connectivity index (χ0) is 17.9. The Morgan fingerprint density at radius 3 is 2.33 bits per heavy atom. The molecule has 4 nitrogen and oxygen atoms in total. The highest BCUT2D eigenvalue weighted by Crippen LogP contribution is 2.36. The second kappa shape index (κ2) is 7.20. The lowest BCUT2D eigenvalue weighted by atomic mass is 10.1. The van der Waals surface area contributed by atoms with Crippen LogP contribution in [0.1, 0.15) is 22.8 Å². The Balaban J connectivity index is 2.35. The summed E-state index contributed by atoms with van der Waals surface area (Å²) in [6.07, 6.45) is -4.68. The maximum absolute atomic E-state index is 13.2. The highest BCUT2D eigenvalue weighted by atomic mass is 127. The third-order valence-electron chi connectivity index (χ3n) is 2.98. The monoisotopic (exact) mass is 448 g/mol. The number of alkyl halides is 3. The van der Waals surface area contributed by atoms with Gasteiger partial charge in [-0.3, -0.25) is 9.59 Å². The number of hydrogen-bond donors (Lipinski definition) is 2. The van der Waals surface area contributed by atoms with E-state index in [0.717, 1.165) is 15.7 Å². The van der Waals surface area contributed by atoms with E-state index >= 15 is 0 Å². The van der Waals surface area contributed by atoms with Crippen LogP contribution in [-0.4, -0.2) is 11.8 Å². The molecule has 0 heterocycles. The van der Waals surface area contributed by atoms with Gasteiger partial charge in [-0.25, -0.2) is 0 Å². The van der Waals surface area contributed by atoms with Crippen LogP contribution < -0.4 is 10.6 Å². The molecule has 126 valence electrons. The zero-order valence-corrected chi connectivity index (χ0v) is 14.5. The summed E-state index contributed by atoms with van der Waals surface area (Å²) < 4.78 is 40.4. The molecular formula is C16H12F3IN2O2. The second-order valence-electron chi connectivity index (χ2n) is 4.90. The predicted molar refractivity (Wildman–Crippen MR) is 92.9 cm³/mol. The average molecular weight is 448 g/mol. The van der Waals surface area contributed by atoms with Gasteiger partial charge in [-0.2, -0.15) is 13.2 Å². The van der Waals surface area contributed by atoms with Crippen LogP contribution in [-0.2, 0) is 11.0 Å². The Morgan fingerprint density at radius 1 is 1.04 bits per heavy atom. The van der Waals surface area contributed by atoms with Crippen LogP contribution in [0.5, 0.6) is 0 Å². The van der Waals surface area contributed by atoms with E-state index in [9.17, 15) is 22.8 Å². The number of benzene rings is 2. The first kappa shape index (κ1) is 18.2. The fraction of sp³-hybridized carbons (Fsp3) is 0.125. The van der Waals surface area contributed by atoms with Crippen molar-refractivity contribution in [2.24, 2.45) is 0 Å². The molecule has 0 aromatic heterocycles. The van der Waals surface area contributed by atoms with Crippen molar-refractivity contribution in [2.45, 2.75) is 13.1 Å². The highest BCUT2D eigenvalue weighted by Gasteiger charge is 2.34. The lowest BCUT2D eigenvalue weighted by molar-refractivity contribution is -0.137. The predicted octanol–water partition coefficient (Wildman–Crippen LogP) is 4.52. The van der Waals surface area contributed by atoms with E-state index in [1.807, 2.05) is 22.6 Å². The summed E-state index contributed by atoms with van der Waals surface area (Å²) in [5.74, 6) is -1.13. The summed E-state index contributed by atoms with van der Waals surface area (Å²) >= 11 is 2.00. The fourth-order valence-corrected chi connectivity index (χ4v) is 2.54. The quantitative estimate of drug-likeness (QED) is 0.679. The number of halogens is 4. The Hall–Kier alpha value is -2.10. The highest BCUT2D eigenvalue weighted by molar-refractivity contribution is 14.1. The van der Waals surface area contributed by atoms with Gasteiger partial charge in [0.15, 0.2) is 0 Å². The van der Waals surface area contributed by atoms with Gasteiger partial charge < -0.3 is 10.6 Å². The van der Waals surface area contributed by atoms with Crippen LogP contribution in [0.2, 0.25) is 0 Å². The number of carbonyl (C=O) groups excluding carboxylic acids is 2. The number of nitrogens with one attached hydrogen (secondary N) is 2. The third-order valence-corrected chi connectivity index (χ3v) is 3.65. The largest absolute Gasteiger partial charge is 0.418 e. The van der Waals surface area contributed by atoms with Crippen LogP contribution in [0, 0.1) is 3.57 Å².